The normalized spacial score (nSPS) is 11.6. The van der Waals surface area contributed by atoms with Gasteiger partial charge in [0.1, 0.15) is 11.2 Å². The van der Waals surface area contributed by atoms with Gasteiger partial charge in [-0.1, -0.05) is 127 Å². The lowest BCUT2D eigenvalue weighted by atomic mass is 10.0. The van der Waals surface area contributed by atoms with E-state index in [2.05, 4.69) is 204 Å². The fraction of sp³-hybridized carbons (Fsp3) is 0. The Morgan fingerprint density at radius 3 is 1.71 bits per heavy atom. The third-order valence-electron chi connectivity index (χ3n) is 10.8. The second-order valence-electron chi connectivity index (χ2n) is 14.1. The van der Waals surface area contributed by atoms with Gasteiger partial charge < -0.3 is 14.2 Å². The molecule has 0 aliphatic carbocycles. The molecule has 0 saturated heterocycles. The zero-order valence-electron chi connectivity index (χ0n) is 30.3. The fourth-order valence-corrected chi connectivity index (χ4v) is 9.52. The van der Waals surface area contributed by atoms with Gasteiger partial charge in [-0.2, -0.15) is 0 Å². The number of rotatable bonds is 7. The van der Waals surface area contributed by atoms with E-state index in [0.29, 0.717) is 0 Å². The summed E-state index contributed by atoms with van der Waals surface area (Å²) in [6, 6.07) is 73.8. The van der Waals surface area contributed by atoms with Crippen LogP contribution in [0.4, 0.5) is 34.1 Å². The Bertz CT molecular complexity index is 3150. The SMILES string of the molecule is c1ccc(-c2ccc(N(c3ccc4c(c3)oc3ccccc34)c3cccc4sc5c(N(c6ccccc6)c6ccccc6)c6ccccc6cc5c34)cc2)cc1. The highest BCUT2D eigenvalue weighted by molar-refractivity contribution is 7.26. The first-order chi connectivity index (χ1) is 27.8. The number of fused-ring (bicyclic) bond motifs is 7. The van der Waals surface area contributed by atoms with Gasteiger partial charge in [0.25, 0.3) is 0 Å². The maximum Gasteiger partial charge on any atom is 0.137 e. The zero-order valence-corrected chi connectivity index (χ0v) is 31.2. The Morgan fingerprint density at radius 1 is 0.375 bits per heavy atom. The van der Waals surface area contributed by atoms with E-state index >= 15 is 0 Å². The summed E-state index contributed by atoms with van der Waals surface area (Å²) in [5.74, 6) is 0. The Hall–Kier alpha value is -7.14. The van der Waals surface area contributed by atoms with E-state index in [1.807, 2.05) is 23.5 Å². The van der Waals surface area contributed by atoms with Gasteiger partial charge in [0.15, 0.2) is 0 Å². The smallest absolute Gasteiger partial charge is 0.137 e. The van der Waals surface area contributed by atoms with Crippen LogP contribution in [-0.4, -0.2) is 0 Å². The van der Waals surface area contributed by atoms with Crippen molar-refractivity contribution in [2.75, 3.05) is 9.80 Å². The topological polar surface area (TPSA) is 19.6 Å². The van der Waals surface area contributed by atoms with Crippen LogP contribution in [0.5, 0.6) is 0 Å². The quantitative estimate of drug-likeness (QED) is 0.163. The summed E-state index contributed by atoms with van der Waals surface area (Å²) in [6.07, 6.45) is 0. The van der Waals surface area contributed by atoms with Crippen LogP contribution in [0.15, 0.2) is 211 Å². The van der Waals surface area contributed by atoms with Gasteiger partial charge in [-0.3, -0.25) is 0 Å². The number of hydrogen-bond donors (Lipinski definition) is 0. The van der Waals surface area contributed by atoms with Crippen molar-refractivity contribution in [3.8, 4) is 11.1 Å². The molecule has 0 spiro atoms. The summed E-state index contributed by atoms with van der Waals surface area (Å²) in [5.41, 5.74) is 10.8. The number of anilines is 6. The average Bonchev–Trinajstić information content (AvgIpc) is 3.83. The van der Waals surface area contributed by atoms with Gasteiger partial charge in [-0.05, 0) is 89.3 Å². The van der Waals surface area contributed by atoms with Gasteiger partial charge in [-0.25, -0.2) is 0 Å². The van der Waals surface area contributed by atoms with Crippen LogP contribution < -0.4 is 9.80 Å². The molecule has 0 aliphatic rings. The summed E-state index contributed by atoms with van der Waals surface area (Å²) in [7, 11) is 0. The molecule has 264 valence electrons. The molecule has 0 fully saturated rings. The second-order valence-corrected chi connectivity index (χ2v) is 15.2. The summed E-state index contributed by atoms with van der Waals surface area (Å²) >= 11 is 1.86. The van der Waals surface area contributed by atoms with Crippen molar-refractivity contribution < 1.29 is 4.42 Å². The molecule has 0 amide bonds. The monoisotopic (exact) mass is 734 g/mol. The first-order valence-corrected chi connectivity index (χ1v) is 19.7. The van der Waals surface area contributed by atoms with E-state index in [-0.39, 0.29) is 0 Å². The minimum Gasteiger partial charge on any atom is -0.456 e. The van der Waals surface area contributed by atoms with Crippen LogP contribution in [0.1, 0.15) is 0 Å². The molecule has 4 heteroatoms. The molecule has 2 aromatic heterocycles. The molecule has 3 nitrogen and oxygen atoms in total. The van der Waals surface area contributed by atoms with Crippen LogP contribution in [0.2, 0.25) is 0 Å². The third-order valence-corrected chi connectivity index (χ3v) is 12.0. The Balaban J connectivity index is 1.19. The molecule has 56 heavy (non-hydrogen) atoms. The minimum absolute atomic E-state index is 0.867. The van der Waals surface area contributed by atoms with Crippen LogP contribution in [-0.2, 0) is 0 Å². The van der Waals surface area contributed by atoms with E-state index in [1.165, 1.54) is 47.8 Å². The van der Waals surface area contributed by atoms with Gasteiger partial charge >= 0.3 is 0 Å². The van der Waals surface area contributed by atoms with Crippen LogP contribution in [0.25, 0.3) is 64.0 Å². The first kappa shape index (κ1) is 32.3. The summed E-state index contributed by atoms with van der Waals surface area (Å²) in [4.78, 5) is 4.83. The van der Waals surface area contributed by atoms with Crippen molar-refractivity contribution in [2.45, 2.75) is 0 Å². The van der Waals surface area contributed by atoms with Gasteiger partial charge in [0.05, 0.1) is 16.1 Å². The molecule has 9 aromatic carbocycles. The second kappa shape index (κ2) is 13.3. The van der Waals surface area contributed by atoms with Crippen LogP contribution in [0.3, 0.4) is 0 Å². The highest BCUT2D eigenvalue weighted by atomic mass is 32.1. The summed E-state index contributed by atoms with van der Waals surface area (Å²) in [6.45, 7) is 0. The Kier molecular flexibility index (Phi) is 7.68. The molecular formula is C52H34N2OS. The van der Waals surface area contributed by atoms with Gasteiger partial charge in [0, 0.05) is 60.4 Å². The van der Waals surface area contributed by atoms with Crippen LogP contribution >= 0.6 is 11.3 Å². The van der Waals surface area contributed by atoms with Crippen molar-refractivity contribution in [3.05, 3.63) is 206 Å². The summed E-state index contributed by atoms with van der Waals surface area (Å²) < 4.78 is 8.95. The van der Waals surface area contributed by atoms with Crippen molar-refractivity contribution in [2.24, 2.45) is 0 Å². The molecule has 0 atom stereocenters. The molecule has 0 aliphatic heterocycles. The number of benzene rings is 9. The van der Waals surface area contributed by atoms with E-state index < -0.39 is 0 Å². The van der Waals surface area contributed by atoms with Crippen molar-refractivity contribution in [1.82, 2.24) is 0 Å². The lowest BCUT2D eigenvalue weighted by Crippen LogP contribution is -2.11. The van der Waals surface area contributed by atoms with E-state index in [4.69, 9.17) is 4.42 Å². The van der Waals surface area contributed by atoms with E-state index in [9.17, 15) is 0 Å². The van der Waals surface area contributed by atoms with Crippen LogP contribution in [0, 0.1) is 0 Å². The van der Waals surface area contributed by atoms with Gasteiger partial charge in [-0.15, -0.1) is 11.3 Å². The zero-order chi connectivity index (χ0) is 37.0. The summed E-state index contributed by atoms with van der Waals surface area (Å²) in [5, 5.41) is 7.09. The average molecular weight is 735 g/mol. The number of thiophene rings is 1. The Labute approximate surface area is 328 Å². The maximum atomic E-state index is 6.48. The van der Waals surface area contributed by atoms with Crippen molar-refractivity contribution in [3.63, 3.8) is 0 Å². The van der Waals surface area contributed by atoms with Gasteiger partial charge in [0.2, 0.25) is 0 Å². The molecule has 2 heterocycles. The van der Waals surface area contributed by atoms with E-state index in [0.717, 1.165) is 50.4 Å². The van der Waals surface area contributed by atoms with Crippen molar-refractivity contribution in [1.29, 1.82) is 0 Å². The third kappa shape index (κ3) is 5.34. The number of nitrogens with zero attached hydrogens (tertiary/aromatic N) is 2. The lowest BCUT2D eigenvalue weighted by molar-refractivity contribution is 0.669. The lowest BCUT2D eigenvalue weighted by Gasteiger charge is -2.28. The molecular weight excluding hydrogens is 701 g/mol. The highest BCUT2D eigenvalue weighted by Gasteiger charge is 2.25. The molecule has 0 bridgehead atoms. The maximum absolute atomic E-state index is 6.48. The number of para-hydroxylation sites is 3. The molecule has 0 unspecified atom stereocenters. The fourth-order valence-electron chi connectivity index (χ4n) is 8.27. The van der Waals surface area contributed by atoms with E-state index in [1.54, 1.807) is 0 Å². The predicted molar refractivity (Wildman–Crippen MR) is 239 cm³/mol. The first-order valence-electron chi connectivity index (χ1n) is 18.9. The molecule has 11 rings (SSSR count). The largest absolute Gasteiger partial charge is 0.456 e. The van der Waals surface area contributed by atoms with Crippen molar-refractivity contribution >= 4 is 98.3 Å². The molecule has 0 radical (unpaired) electrons. The number of hydrogen-bond acceptors (Lipinski definition) is 4. The standard InChI is InChI=1S/C52H34N2OS/c1-4-15-35(16-5-1)36-27-29-40(30-28-36)53(41-31-32-44-43-23-12-13-25-47(43)55-48(44)34-41)46-24-14-26-49-50(46)45-33-37-17-10-11-22-42(37)51(52(45)56-49)54(38-18-6-2-7-19-38)39-20-8-3-9-21-39/h1-34H. The minimum atomic E-state index is 0.867. The molecule has 0 saturated carbocycles. The molecule has 0 N–H and O–H groups in total. The Morgan fingerprint density at radius 2 is 0.964 bits per heavy atom. The highest BCUT2D eigenvalue weighted by Crippen LogP contribution is 2.52. The molecule has 11 aromatic rings. The predicted octanol–water partition coefficient (Wildman–Crippen LogP) is 15.7. The number of furan rings is 1.